The van der Waals surface area contributed by atoms with Gasteiger partial charge in [0.1, 0.15) is 11.3 Å². The van der Waals surface area contributed by atoms with Gasteiger partial charge in [-0.2, -0.15) is 0 Å². The molecule has 4 aromatic rings. The van der Waals surface area contributed by atoms with Crippen LogP contribution in [0.15, 0.2) is 73.1 Å². The van der Waals surface area contributed by atoms with Gasteiger partial charge in [0, 0.05) is 31.7 Å². The number of aliphatic hydroxyl groups excluding tert-OH is 1. The zero-order chi connectivity index (χ0) is 30.4. The van der Waals surface area contributed by atoms with Crippen LogP contribution in [0, 0.1) is 0 Å². The highest BCUT2D eigenvalue weighted by molar-refractivity contribution is 8.25. The smallest absolute Gasteiger partial charge is 0.251 e. The van der Waals surface area contributed by atoms with Crippen LogP contribution < -0.4 is 19.7 Å². The van der Waals surface area contributed by atoms with Crippen LogP contribution in [0.4, 0.5) is 5.69 Å². The van der Waals surface area contributed by atoms with E-state index in [1.54, 1.807) is 29.9 Å². The van der Waals surface area contributed by atoms with Crippen LogP contribution in [-0.4, -0.2) is 67.8 Å². The zero-order valence-corrected chi connectivity index (χ0v) is 25.5. The van der Waals surface area contributed by atoms with E-state index in [-0.39, 0.29) is 18.2 Å². The summed E-state index contributed by atoms with van der Waals surface area (Å²) in [6, 6.07) is 20.4. The van der Waals surface area contributed by atoms with Gasteiger partial charge in [-0.15, -0.1) is 10.8 Å². The molecule has 43 heavy (non-hydrogen) atoms. The molecule has 1 fully saturated rings. The summed E-state index contributed by atoms with van der Waals surface area (Å²) in [7, 11) is -1.40. The number of hydrogen-bond acceptors (Lipinski definition) is 8. The normalized spacial score (nSPS) is 16.9. The third-order valence-corrected chi connectivity index (χ3v) is 9.78. The molecule has 1 amide bonds. The Hall–Kier alpha value is -3.61. The summed E-state index contributed by atoms with van der Waals surface area (Å²) in [5.74, 6) is 0.696. The van der Waals surface area contributed by atoms with Crippen molar-refractivity contribution in [3.05, 3.63) is 89.7 Å². The molecule has 0 unspecified atom stereocenters. The van der Waals surface area contributed by atoms with Gasteiger partial charge in [0.2, 0.25) is 0 Å². The van der Waals surface area contributed by atoms with Crippen LogP contribution >= 0.6 is 10.8 Å². The van der Waals surface area contributed by atoms with Crippen molar-refractivity contribution < 1.29 is 23.7 Å². The predicted molar refractivity (Wildman–Crippen MR) is 172 cm³/mol. The second-order valence-electron chi connectivity index (χ2n) is 10.9. The maximum Gasteiger partial charge on any atom is 0.251 e. The molecule has 2 heterocycles. The molecule has 0 spiro atoms. The van der Waals surface area contributed by atoms with E-state index in [2.05, 4.69) is 15.6 Å². The lowest BCUT2D eigenvalue weighted by molar-refractivity contribution is 0.0830. The molecule has 0 saturated carbocycles. The minimum atomic E-state index is -3.03. The molecule has 3 aromatic carbocycles. The Bertz CT molecular complexity index is 1530. The fraction of sp³-hybridized carbons (Fsp3) is 0.375. The minimum Gasteiger partial charge on any atom is -0.497 e. The average molecular weight is 608 g/mol. The molecule has 2 atom stereocenters. The van der Waals surface area contributed by atoms with E-state index < -0.39 is 22.9 Å². The van der Waals surface area contributed by atoms with Gasteiger partial charge in [-0.3, -0.25) is 18.2 Å². The first-order valence-corrected chi connectivity index (χ1v) is 16.4. The fourth-order valence-corrected chi connectivity index (χ4v) is 7.18. The number of carbonyl (C=O) groups is 1. The van der Waals surface area contributed by atoms with Crippen molar-refractivity contribution in [2.75, 3.05) is 30.3 Å². The number of anilines is 1. The maximum atomic E-state index is 13.9. The van der Waals surface area contributed by atoms with Gasteiger partial charge in [0.25, 0.3) is 5.91 Å². The van der Waals surface area contributed by atoms with E-state index in [0.29, 0.717) is 42.8 Å². The highest BCUT2D eigenvalue weighted by Gasteiger charge is 2.30. The van der Waals surface area contributed by atoms with Crippen LogP contribution in [0.2, 0.25) is 0 Å². The Morgan fingerprint density at radius 3 is 2.60 bits per heavy atom. The molecule has 230 valence electrons. The van der Waals surface area contributed by atoms with Crippen LogP contribution in [0.5, 0.6) is 5.75 Å². The first-order chi connectivity index (χ1) is 20.8. The standard InChI is InChI=1S/C32H41N5O5S/c1-3-36-22-34-31-28(36)18-25(19-29(31)37-14-7-8-15-43(37,40)41)32(39)35-27(17-23-10-5-4-6-11-23)30(38)21-33-20-24-12-9-13-26(16-24)42-2/h4-6,9-13,16,18-19,22,27,30,33,38,40-41H,3,7-8,14-15,17,20-21H2,1-2H3,(H,35,39)/t27-,30-/m0/s1. The second kappa shape index (κ2) is 13.8. The van der Waals surface area contributed by atoms with Gasteiger partial charge in [0.05, 0.1) is 42.5 Å². The first-order valence-electron chi connectivity index (χ1n) is 14.7. The summed E-state index contributed by atoms with van der Waals surface area (Å²) in [4.78, 5) is 18.4. The van der Waals surface area contributed by atoms with Crippen LogP contribution in [0.1, 0.15) is 41.3 Å². The topological polar surface area (TPSA) is 132 Å². The van der Waals surface area contributed by atoms with Crippen LogP contribution in [0.3, 0.4) is 0 Å². The number of aryl methyl sites for hydroxylation is 1. The average Bonchev–Trinajstić information content (AvgIpc) is 3.44. The van der Waals surface area contributed by atoms with Gasteiger partial charge in [0.15, 0.2) is 0 Å². The number of methoxy groups -OCH3 is 1. The summed E-state index contributed by atoms with van der Waals surface area (Å²) in [5, 5.41) is 17.7. The fourth-order valence-electron chi connectivity index (χ4n) is 5.50. The molecule has 1 saturated heterocycles. The Labute approximate surface area is 254 Å². The minimum absolute atomic E-state index is 0.260. The van der Waals surface area contributed by atoms with Crippen LogP contribution in [0.25, 0.3) is 11.0 Å². The number of aliphatic hydroxyl groups is 1. The lowest BCUT2D eigenvalue weighted by Gasteiger charge is -2.47. The van der Waals surface area contributed by atoms with Crippen molar-refractivity contribution in [2.45, 2.75) is 51.4 Å². The SMILES string of the molecule is CCn1cnc2c(N3CCCCS3(O)O)cc(C(=O)N[C@@H](Cc3ccccc3)[C@@H](O)CNCc3cccc(OC)c3)cc21. The Morgan fingerprint density at radius 1 is 1.07 bits per heavy atom. The second-order valence-corrected chi connectivity index (χ2v) is 13.0. The number of nitrogens with one attached hydrogen (secondary N) is 2. The number of imidazole rings is 1. The molecular weight excluding hydrogens is 566 g/mol. The molecule has 0 radical (unpaired) electrons. The summed E-state index contributed by atoms with van der Waals surface area (Å²) < 4.78 is 30.7. The van der Waals surface area contributed by atoms with Gasteiger partial charge in [-0.1, -0.05) is 42.5 Å². The Kier molecular flexibility index (Phi) is 9.89. The molecule has 0 bridgehead atoms. The number of rotatable bonds is 12. The van der Waals surface area contributed by atoms with E-state index in [4.69, 9.17) is 4.74 Å². The largest absolute Gasteiger partial charge is 0.497 e. The molecule has 11 heteroatoms. The summed E-state index contributed by atoms with van der Waals surface area (Å²) in [6.07, 6.45) is 2.81. The number of hydrogen-bond donors (Lipinski definition) is 5. The Morgan fingerprint density at radius 2 is 1.86 bits per heavy atom. The lowest BCUT2D eigenvalue weighted by atomic mass is 10.00. The van der Waals surface area contributed by atoms with Crippen molar-refractivity contribution in [2.24, 2.45) is 0 Å². The summed E-state index contributed by atoms with van der Waals surface area (Å²) in [6.45, 7) is 3.90. The number of aromatic nitrogens is 2. The number of carbonyl (C=O) groups excluding carboxylic acids is 1. The molecule has 1 aliphatic heterocycles. The molecule has 1 aliphatic rings. The van der Waals surface area contributed by atoms with Gasteiger partial charge in [-0.05, 0) is 61.6 Å². The molecular formula is C32H41N5O5S. The monoisotopic (exact) mass is 607 g/mol. The van der Waals surface area contributed by atoms with E-state index >= 15 is 0 Å². The van der Waals surface area contributed by atoms with Crippen molar-refractivity contribution in [1.29, 1.82) is 0 Å². The third-order valence-electron chi connectivity index (χ3n) is 7.86. The van der Waals surface area contributed by atoms with Gasteiger partial charge < -0.3 is 25.0 Å². The molecule has 5 N–H and O–H groups in total. The maximum absolute atomic E-state index is 13.9. The number of benzene rings is 3. The summed E-state index contributed by atoms with van der Waals surface area (Å²) in [5.41, 5.74) is 4.28. The Balaban J connectivity index is 1.39. The predicted octanol–water partition coefficient (Wildman–Crippen LogP) is 4.82. The van der Waals surface area contributed by atoms with E-state index in [1.807, 2.05) is 66.1 Å². The number of nitrogens with zero attached hydrogens (tertiary/aromatic N) is 3. The van der Waals surface area contributed by atoms with E-state index in [0.717, 1.165) is 35.2 Å². The van der Waals surface area contributed by atoms with Crippen LogP contribution in [-0.2, 0) is 19.5 Å². The van der Waals surface area contributed by atoms with E-state index in [9.17, 15) is 19.0 Å². The number of ether oxygens (including phenoxy) is 1. The van der Waals surface area contributed by atoms with Crippen molar-refractivity contribution in [1.82, 2.24) is 20.2 Å². The lowest BCUT2D eigenvalue weighted by Crippen LogP contribution is -2.48. The van der Waals surface area contributed by atoms with Crippen molar-refractivity contribution in [3.63, 3.8) is 0 Å². The molecule has 1 aromatic heterocycles. The first kappa shape index (κ1) is 30.8. The third kappa shape index (κ3) is 7.31. The number of fused-ring (bicyclic) bond motifs is 1. The molecule has 5 rings (SSSR count). The highest BCUT2D eigenvalue weighted by atomic mass is 32.3. The zero-order valence-electron chi connectivity index (χ0n) is 24.6. The van der Waals surface area contributed by atoms with E-state index in [1.165, 1.54) is 0 Å². The van der Waals surface area contributed by atoms with Gasteiger partial charge in [-0.25, -0.2) is 4.98 Å². The quantitative estimate of drug-likeness (QED) is 0.155. The summed E-state index contributed by atoms with van der Waals surface area (Å²) >= 11 is 0. The molecule has 0 aliphatic carbocycles. The highest BCUT2D eigenvalue weighted by Crippen LogP contribution is 2.51. The number of amides is 1. The molecule has 10 nitrogen and oxygen atoms in total. The van der Waals surface area contributed by atoms with Crippen molar-refractivity contribution in [3.8, 4) is 5.75 Å². The van der Waals surface area contributed by atoms with Gasteiger partial charge >= 0.3 is 0 Å². The van der Waals surface area contributed by atoms with Crippen molar-refractivity contribution >= 4 is 33.4 Å².